The summed E-state index contributed by atoms with van der Waals surface area (Å²) in [7, 11) is 3.49. The Balaban J connectivity index is 2.38. The van der Waals surface area contributed by atoms with Crippen LogP contribution in [0.3, 0.4) is 0 Å². The van der Waals surface area contributed by atoms with Gasteiger partial charge in [0.05, 0.1) is 17.9 Å². The lowest BCUT2D eigenvalue weighted by Crippen LogP contribution is -2.36. The summed E-state index contributed by atoms with van der Waals surface area (Å²) in [5.41, 5.74) is 7.39. The van der Waals surface area contributed by atoms with Gasteiger partial charge in [0.15, 0.2) is 0 Å². The SMILES string of the molecule is COCCCNC(=O)CN(C)c1ccccc1N. The van der Waals surface area contributed by atoms with E-state index in [1.807, 2.05) is 36.2 Å². The highest BCUT2D eigenvalue weighted by molar-refractivity contribution is 5.82. The van der Waals surface area contributed by atoms with Gasteiger partial charge in [-0.15, -0.1) is 0 Å². The Hall–Kier alpha value is -1.75. The first kappa shape index (κ1) is 14.3. The summed E-state index contributed by atoms with van der Waals surface area (Å²) < 4.78 is 4.91. The van der Waals surface area contributed by atoms with Gasteiger partial charge in [-0.05, 0) is 18.6 Å². The van der Waals surface area contributed by atoms with Crippen molar-refractivity contribution in [2.45, 2.75) is 6.42 Å². The van der Waals surface area contributed by atoms with Crippen molar-refractivity contribution in [1.82, 2.24) is 5.32 Å². The van der Waals surface area contributed by atoms with Gasteiger partial charge in [-0.1, -0.05) is 12.1 Å². The standard InChI is InChI=1S/C13H21N3O2/c1-16(12-7-4-3-6-11(12)14)10-13(17)15-8-5-9-18-2/h3-4,6-7H,5,8-10,14H2,1-2H3,(H,15,17). The summed E-state index contributed by atoms with van der Waals surface area (Å²) in [4.78, 5) is 13.5. The third-order valence-electron chi connectivity index (χ3n) is 2.58. The first-order chi connectivity index (χ1) is 8.65. The number of nitrogens with one attached hydrogen (secondary N) is 1. The molecule has 0 bridgehead atoms. The summed E-state index contributed by atoms with van der Waals surface area (Å²) in [5, 5.41) is 2.84. The van der Waals surface area contributed by atoms with E-state index in [-0.39, 0.29) is 5.91 Å². The van der Waals surface area contributed by atoms with Gasteiger partial charge in [-0.25, -0.2) is 0 Å². The van der Waals surface area contributed by atoms with Crippen molar-refractivity contribution in [3.8, 4) is 0 Å². The van der Waals surface area contributed by atoms with Crippen LogP contribution in [0.5, 0.6) is 0 Å². The molecule has 5 nitrogen and oxygen atoms in total. The first-order valence-electron chi connectivity index (χ1n) is 5.96. The molecule has 1 rings (SSSR count). The molecule has 0 aliphatic rings. The van der Waals surface area contributed by atoms with Crippen LogP contribution in [-0.2, 0) is 9.53 Å². The largest absolute Gasteiger partial charge is 0.397 e. The molecule has 1 aromatic rings. The summed E-state index contributed by atoms with van der Waals surface area (Å²) >= 11 is 0. The lowest BCUT2D eigenvalue weighted by Gasteiger charge is -2.20. The molecule has 0 saturated carbocycles. The number of hydrogen-bond donors (Lipinski definition) is 2. The van der Waals surface area contributed by atoms with Crippen LogP contribution in [0.2, 0.25) is 0 Å². The molecule has 0 heterocycles. The Kier molecular flexibility index (Phi) is 6.00. The number of nitrogen functional groups attached to an aromatic ring is 1. The third kappa shape index (κ3) is 4.63. The van der Waals surface area contributed by atoms with Crippen LogP contribution in [0.15, 0.2) is 24.3 Å². The van der Waals surface area contributed by atoms with Gasteiger partial charge in [-0.2, -0.15) is 0 Å². The predicted octanol–water partition coefficient (Wildman–Crippen LogP) is 0.858. The molecule has 100 valence electrons. The minimum atomic E-state index is -0.0168. The maximum absolute atomic E-state index is 11.7. The van der Waals surface area contributed by atoms with Gasteiger partial charge in [0.2, 0.25) is 5.91 Å². The van der Waals surface area contributed by atoms with Crippen molar-refractivity contribution in [2.75, 3.05) is 44.5 Å². The number of methoxy groups -OCH3 is 1. The maximum atomic E-state index is 11.7. The number of hydrogen-bond acceptors (Lipinski definition) is 4. The first-order valence-corrected chi connectivity index (χ1v) is 5.96. The Morgan fingerprint density at radius 2 is 2.17 bits per heavy atom. The molecule has 5 heteroatoms. The van der Waals surface area contributed by atoms with Crippen molar-refractivity contribution in [3.63, 3.8) is 0 Å². The predicted molar refractivity (Wildman–Crippen MR) is 73.6 cm³/mol. The van der Waals surface area contributed by atoms with Crippen molar-refractivity contribution < 1.29 is 9.53 Å². The molecule has 0 unspecified atom stereocenters. The van der Waals surface area contributed by atoms with Crippen LogP contribution in [0, 0.1) is 0 Å². The highest BCUT2D eigenvalue weighted by Gasteiger charge is 2.08. The number of benzene rings is 1. The number of carbonyl (C=O) groups excluding carboxylic acids is 1. The summed E-state index contributed by atoms with van der Waals surface area (Å²) in [6.07, 6.45) is 0.819. The fraction of sp³-hybridized carbons (Fsp3) is 0.462. The zero-order valence-electron chi connectivity index (χ0n) is 11.0. The highest BCUT2D eigenvalue weighted by atomic mass is 16.5. The lowest BCUT2D eigenvalue weighted by molar-refractivity contribution is -0.119. The molecule has 0 saturated heterocycles. The van der Waals surface area contributed by atoms with E-state index in [4.69, 9.17) is 10.5 Å². The second kappa shape index (κ2) is 7.55. The number of para-hydroxylation sites is 2. The number of carbonyl (C=O) groups is 1. The van der Waals surface area contributed by atoms with E-state index < -0.39 is 0 Å². The molecular weight excluding hydrogens is 230 g/mol. The van der Waals surface area contributed by atoms with E-state index in [1.165, 1.54) is 0 Å². The lowest BCUT2D eigenvalue weighted by atomic mass is 10.2. The molecule has 0 aliphatic carbocycles. The topological polar surface area (TPSA) is 67.6 Å². The molecule has 0 atom stereocenters. The van der Waals surface area contributed by atoms with Gasteiger partial charge in [0, 0.05) is 27.3 Å². The molecule has 0 fully saturated rings. The minimum absolute atomic E-state index is 0.0168. The van der Waals surface area contributed by atoms with Crippen LogP contribution in [0.4, 0.5) is 11.4 Å². The molecule has 0 spiro atoms. The Morgan fingerprint density at radius 1 is 1.44 bits per heavy atom. The van der Waals surface area contributed by atoms with Gasteiger partial charge in [-0.3, -0.25) is 4.79 Å². The fourth-order valence-electron chi connectivity index (χ4n) is 1.64. The second-order valence-electron chi connectivity index (χ2n) is 4.11. The summed E-state index contributed by atoms with van der Waals surface area (Å²) in [5.74, 6) is -0.0168. The Labute approximate surface area is 108 Å². The number of rotatable bonds is 7. The molecule has 1 amide bonds. The molecular formula is C13H21N3O2. The second-order valence-corrected chi connectivity index (χ2v) is 4.11. The van der Waals surface area contributed by atoms with E-state index in [0.717, 1.165) is 12.1 Å². The molecule has 1 aromatic carbocycles. The van der Waals surface area contributed by atoms with Crippen LogP contribution in [0.25, 0.3) is 0 Å². The smallest absolute Gasteiger partial charge is 0.239 e. The molecule has 18 heavy (non-hydrogen) atoms. The summed E-state index contributed by atoms with van der Waals surface area (Å²) in [6.45, 7) is 1.58. The normalized spacial score (nSPS) is 10.1. The number of amides is 1. The van der Waals surface area contributed by atoms with Crippen molar-refractivity contribution in [1.29, 1.82) is 0 Å². The van der Waals surface area contributed by atoms with Crippen molar-refractivity contribution in [3.05, 3.63) is 24.3 Å². The average Bonchev–Trinajstić information content (AvgIpc) is 2.35. The molecule has 0 aromatic heterocycles. The van der Waals surface area contributed by atoms with Crippen LogP contribution in [-0.4, -0.2) is 39.8 Å². The van der Waals surface area contributed by atoms with E-state index >= 15 is 0 Å². The average molecular weight is 251 g/mol. The van der Waals surface area contributed by atoms with Crippen molar-refractivity contribution in [2.24, 2.45) is 0 Å². The monoisotopic (exact) mass is 251 g/mol. The maximum Gasteiger partial charge on any atom is 0.239 e. The summed E-state index contributed by atoms with van der Waals surface area (Å²) in [6, 6.07) is 7.49. The molecule has 0 aliphatic heterocycles. The van der Waals surface area contributed by atoms with E-state index in [2.05, 4.69) is 5.32 Å². The highest BCUT2D eigenvalue weighted by Crippen LogP contribution is 2.20. The van der Waals surface area contributed by atoms with Crippen LogP contribution < -0.4 is 16.0 Å². The quantitative estimate of drug-likeness (QED) is 0.557. The zero-order valence-corrected chi connectivity index (χ0v) is 11.0. The van der Waals surface area contributed by atoms with Crippen molar-refractivity contribution >= 4 is 17.3 Å². The van der Waals surface area contributed by atoms with Gasteiger partial charge >= 0.3 is 0 Å². The van der Waals surface area contributed by atoms with Gasteiger partial charge < -0.3 is 20.7 Å². The number of likely N-dealkylation sites (N-methyl/N-ethyl adjacent to an activating group) is 1. The number of nitrogens with two attached hydrogens (primary N) is 1. The molecule has 0 radical (unpaired) electrons. The molecule has 3 N–H and O–H groups in total. The number of ether oxygens (including phenoxy) is 1. The Morgan fingerprint density at radius 3 is 2.83 bits per heavy atom. The van der Waals surface area contributed by atoms with Crippen LogP contribution in [0.1, 0.15) is 6.42 Å². The van der Waals surface area contributed by atoms with E-state index in [0.29, 0.717) is 25.4 Å². The minimum Gasteiger partial charge on any atom is -0.397 e. The van der Waals surface area contributed by atoms with E-state index in [1.54, 1.807) is 7.11 Å². The van der Waals surface area contributed by atoms with Gasteiger partial charge in [0.1, 0.15) is 0 Å². The fourth-order valence-corrected chi connectivity index (χ4v) is 1.64. The zero-order chi connectivity index (χ0) is 13.4. The van der Waals surface area contributed by atoms with Crippen LogP contribution >= 0.6 is 0 Å². The Bertz CT molecular complexity index is 382. The van der Waals surface area contributed by atoms with E-state index in [9.17, 15) is 4.79 Å². The number of anilines is 2. The number of nitrogens with zero attached hydrogens (tertiary/aromatic N) is 1. The van der Waals surface area contributed by atoms with Gasteiger partial charge in [0.25, 0.3) is 0 Å². The third-order valence-corrected chi connectivity index (χ3v) is 2.58.